The van der Waals surface area contributed by atoms with E-state index in [4.69, 9.17) is 11.6 Å². The number of hydrogen-bond donors (Lipinski definition) is 0. The van der Waals surface area contributed by atoms with E-state index in [1.165, 1.54) is 12.1 Å². The van der Waals surface area contributed by atoms with Crippen LogP contribution in [0.5, 0.6) is 0 Å². The molecule has 0 spiro atoms. The van der Waals surface area contributed by atoms with Crippen molar-refractivity contribution in [2.45, 2.75) is 17.6 Å². The molecule has 0 unspecified atom stereocenters. The normalized spacial score (nSPS) is 12.2. The summed E-state index contributed by atoms with van der Waals surface area (Å²) in [5, 5.41) is 3.48. The van der Waals surface area contributed by atoms with Crippen LogP contribution in [0.15, 0.2) is 47.4 Å². The van der Waals surface area contributed by atoms with Crippen LogP contribution in [0.25, 0.3) is 21.0 Å². The number of carbonyl (C=O) groups excluding carboxylic acids is 1. The van der Waals surface area contributed by atoms with Gasteiger partial charge in [0.05, 0.1) is 15.5 Å². The molecule has 0 aliphatic heterocycles. The lowest BCUT2D eigenvalue weighted by Gasteiger charge is -2.05. The van der Waals surface area contributed by atoms with Crippen molar-refractivity contribution in [2.24, 2.45) is 0 Å². The zero-order valence-electron chi connectivity index (χ0n) is 15.3. The molecule has 0 amide bonds. The first kappa shape index (κ1) is 22.3. The molecule has 0 saturated heterocycles. The summed E-state index contributed by atoms with van der Waals surface area (Å²) in [4.78, 5) is 12.9. The van der Waals surface area contributed by atoms with E-state index < -0.39 is 40.3 Å². The van der Waals surface area contributed by atoms with E-state index >= 15 is 0 Å². The number of alkyl halides is 4. The molecular formula is C18H14ClF3N2O4S2. The van der Waals surface area contributed by atoms with Crippen molar-refractivity contribution in [1.82, 2.24) is 9.78 Å². The fraction of sp³-hybridized carbons (Fsp3) is 0.222. The first-order chi connectivity index (χ1) is 14.0. The average molecular weight is 479 g/mol. The largest absolute Gasteiger partial charge is 0.448 e. The lowest BCUT2D eigenvalue weighted by molar-refractivity contribution is -0.145. The summed E-state index contributed by atoms with van der Waals surface area (Å²) in [5.74, 6) is -0.833. The van der Waals surface area contributed by atoms with Crippen LogP contribution in [0.2, 0.25) is 0 Å². The predicted octanol–water partition coefficient (Wildman–Crippen LogP) is 4.44. The van der Waals surface area contributed by atoms with Gasteiger partial charge in [0.2, 0.25) is 0 Å². The fourth-order valence-electron chi connectivity index (χ4n) is 2.61. The van der Waals surface area contributed by atoms with E-state index in [2.05, 4.69) is 9.84 Å². The van der Waals surface area contributed by atoms with Crippen molar-refractivity contribution in [3.63, 3.8) is 0 Å². The summed E-state index contributed by atoms with van der Waals surface area (Å²) < 4.78 is 68.5. The quantitative estimate of drug-likeness (QED) is 0.386. The Hall–Kier alpha value is -2.37. The summed E-state index contributed by atoms with van der Waals surface area (Å²) in [7, 11) is -3.41. The second kappa shape index (κ2) is 8.40. The Balaban J connectivity index is 2.02. The summed E-state index contributed by atoms with van der Waals surface area (Å²) in [6.45, 7) is -0.547. The molecule has 160 valence electrons. The van der Waals surface area contributed by atoms with Crippen LogP contribution in [0.3, 0.4) is 0 Å². The van der Waals surface area contributed by atoms with Gasteiger partial charge in [0, 0.05) is 11.1 Å². The topological polar surface area (TPSA) is 78.3 Å². The average Bonchev–Trinajstić information content (AvgIpc) is 3.28. The Morgan fingerprint density at radius 1 is 1.20 bits per heavy atom. The van der Waals surface area contributed by atoms with Crippen LogP contribution in [0.1, 0.15) is 5.69 Å². The van der Waals surface area contributed by atoms with Crippen LogP contribution < -0.4 is 0 Å². The van der Waals surface area contributed by atoms with Gasteiger partial charge >= 0.3 is 12.1 Å². The van der Waals surface area contributed by atoms with E-state index in [-0.39, 0.29) is 10.6 Å². The Bertz CT molecular complexity index is 1190. The molecule has 0 saturated carbocycles. The van der Waals surface area contributed by atoms with Gasteiger partial charge in [0.1, 0.15) is 6.54 Å². The van der Waals surface area contributed by atoms with E-state index in [0.29, 0.717) is 15.3 Å². The molecule has 0 aliphatic rings. The molecule has 30 heavy (non-hydrogen) atoms. The van der Waals surface area contributed by atoms with Crippen molar-refractivity contribution in [2.75, 3.05) is 12.3 Å². The fourth-order valence-corrected chi connectivity index (χ4v) is 4.42. The lowest BCUT2D eigenvalue weighted by Crippen LogP contribution is -2.16. The molecular weight excluding hydrogens is 465 g/mol. The summed E-state index contributed by atoms with van der Waals surface area (Å²) in [6.07, 6.45) is -3.61. The number of ether oxygens (including phenoxy) is 1. The van der Waals surface area contributed by atoms with Crippen molar-refractivity contribution in [3.8, 4) is 21.0 Å². The number of nitrogens with zero attached hydrogens (tertiary/aromatic N) is 2. The number of benzene rings is 1. The van der Waals surface area contributed by atoms with Gasteiger partial charge in [0.25, 0.3) is 0 Å². The second-order valence-electron chi connectivity index (χ2n) is 6.16. The maximum absolute atomic E-state index is 13.1. The molecule has 2 aromatic heterocycles. The predicted molar refractivity (Wildman–Crippen MR) is 106 cm³/mol. The molecule has 1 aromatic carbocycles. The number of esters is 1. The molecule has 0 radical (unpaired) electrons. The minimum atomic E-state index is -4.69. The zero-order valence-corrected chi connectivity index (χ0v) is 17.7. The van der Waals surface area contributed by atoms with Gasteiger partial charge in [-0.3, -0.25) is 9.48 Å². The van der Waals surface area contributed by atoms with Crippen molar-refractivity contribution in [1.29, 1.82) is 0 Å². The number of halogens is 4. The third kappa shape index (κ3) is 5.02. The first-order valence-corrected chi connectivity index (χ1v) is 11.5. The van der Waals surface area contributed by atoms with E-state index in [9.17, 15) is 26.4 Å². The molecule has 0 N–H and O–H groups in total. The maximum Gasteiger partial charge on any atom is 0.435 e. The number of aromatic nitrogens is 2. The third-order valence-electron chi connectivity index (χ3n) is 3.97. The van der Waals surface area contributed by atoms with E-state index in [1.54, 1.807) is 24.3 Å². The number of sulfone groups is 1. The molecule has 0 aliphatic carbocycles. The molecule has 6 nitrogen and oxygen atoms in total. The van der Waals surface area contributed by atoms with Crippen LogP contribution in [0, 0.1) is 0 Å². The Morgan fingerprint density at radius 2 is 1.90 bits per heavy atom. The highest BCUT2D eigenvalue weighted by atomic mass is 35.5. The molecule has 0 atom stereocenters. The standard InChI is InChI=1S/C18H14ClF3N2O4S2/c1-30(26,27)12-4-2-3-11(7-12)14-5-6-15(29-14)13-8-16(18(20,21)22)23-24(13)9-17(25)28-10-19/h2-8H,9-10H2,1H3. The van der Waals surface area contributed by atoms with E-state index in [1.807, 2.05) is 0 Å². The molecule has 2 heterocycles. The van der Waals surface area contributed by atoms with Crippen LogP contribution in [-0.2, 0) is 32.1 Å². The zero-order chi connectivity index (χ0) is 22.1. The molecule has 3 rings (SSSR count). The second-order valence-corrected chi connectivity index (χ2v) is 9.48. The SMILES string of the molecule is CS(=O)(=O)c1cccc(-c2ccc(-c3cc(C(F)(F)F)nn3CC(=O)OCCl)s2)c1. The monoisotopic (exact) mass is 478 g/mol. The van der Waals surface area contributed by atoms with Gasteiger partial charge in [0.15, 0.2) is 21.6 Å². The third-order valence-corrected chi connectivity index (χ3v) is 6.35. The number of thiophene rings is 1. The Kier molecular flexibility index (Phi) is 6.25. The van der Waals surface area contributed by atoms with Crippen molar-refractivity contribution < 1.29 is 31.1 Å². The van der Waals surface area contributed by atoms with Crippen molar-refractivity contribution >= 4 is 38.7 Å². The van der Waals surface area contributed by atoms with Gasteiger partial charge in [-0.25, -0.2) is 8.42 Å². The Labute approximate surface area is 178 Å². The number of hydrogen-bond acceptors (Lipinski definition) is 6. The molecule has 3 aromatic rings. The smallest absolute Gasteiger partial charge is 0.435 e. The van der Waals surface area contributed by atoms with Gasteiger partial charge < -0.3 is 4.74 Å². The van der Waals surface area contributed by atoms with Gasteiger partial charge in [-0.15, -0.1) is 11.3 Å². The van der Waals surface area contributed by atoms with Gasteiger partial charge in [-0.1, -0.05) is 23.7 Å². The summed E-state index contributed by atoms with van der Waals surface area (Å²) in [6, 6.07) is 9.87. The summed E-state index contributed by atoms with van der Waals surface area (Å²) >= 11 is 6.46. The lowest BCUT2D eigenvalue weighted by atomic mass is 10.2. The molecule has 0 fully saturated rings. The number of carbonyl (C=O) groups is 1. The van der Waals surface area contributed by atoms with Crippen LogP contribution >= 0.6 is 22.9 Å². The molecule has 12 heteroatoms. The Morgan fingerprint density at radius 3 is 2.53 bits per heavy atom. The van der Waals surface area contributed by atoms with Crippen LogP contribution in [-0.4, -0.2) is 36.5 Å². The maximum atomic E-state index is 13.1. The highest BCUT2D eigenvalue weighted by Crippen LogP contribution is 2.38. The van der Waals surface area contributed by atoms with Crippen LogP contribution in [0.4, 0.5) is 13.2 Å². The summed E-state index contributed by atoms with van der Waals surface area (Å²) in [5.41, 5.74) is -0.479. The highest BCUT2D eigenvalue weighted by Gasteiger charge is 2.35. The van der Waals surface area contributed by atoms with Gasteiger partial charge in [-0.05, 0) is 35.9 Å². The first-order valence-electron chi connectivity index (χ1n) is 8.26. The van der Waals surface area contributed by atoms with Crippen molar-refractivity contribution in [3.05, 3.63) is 48.2 Å². The minimum Gasteiger partial charge on any atom is -0.448 e. The minimum absolute atomic E-state index is 0.0735. The number of rotatable bonds is 6. The van der Waals surface area contributed by atoms with Gasteiger partial charge in [-0.2, -0.15) is 18.3 Å². The molecule has 0 bridgehead atoms. The van der Waals surface area contributed by atoms with E-state index in [0.717, 1.165) is 28.3 Å². The highest BCUT2D eigenvalue weighted by molar-refractivity contribution is 7.90.